The van der Waals surface area contributed by atoms with Crippen molar-refractivity contribution in [1.29, 1.82) is 0 Å². The van der Waals surface area contributed by atoms with E-state index in [9.17, 15) is 4.39 Å². The molecule has 0 aliphatic carbocycles. The molecule has 0 unspecified atom stereocenters. The number of halogens is 1. The van der Waals surface area contributed by atoms with E-state index in [-0.39, 0.29) is 5.82 Å². The zero-order valence-corrected chi connectivity index (χ0v) is 12.9. The van der Waals surface area contributed by atoms with Crippen LogP contribution in [0.3, 0.4) is 0 Å². The van der Waals surface area contributed by atoms with Crippen molar-refractivity contribution in [2.24, 2.45) is 0 Å². The predicted octanol–water partition coefficient (Wildman–Crippen LogP) is 3.01. The Balaban J connectivity index is 1.58. The van der Waals surface area contributed by atoms with Gasteiger partial charge in [0.15, 0.2) is 5.82 Å². The Kier molecular flexibility index (Phi) is 4.61. The van der Waals surface area contributed by atoms with Crippen LogP contribution in [0.1, 0.15) is 6.42 Å². The quantitative estimate of drug-likeness (QED) is 0.702. The third kappa shape index (κ3) is 3.91. The van der Waals surface area contributed by atoms with Crippen LogP contribution >= 0.6 is 0 Å². The summed E-state index contributed by atoms with van der Waals surface area (Å²) < 4.78 is 15.0. The third-order valence-electron chi connectivity index (χ3n) is 3.65. The summed E-state index contributed by atoms with van der Waals surface area (Å²) in [4.78, 5) is 6.09. The summed E-state index contributed by atoms with van der Waals surface area (Å²) in [7, 11) is 2.00. The van der Waals surface area contributed by atoms with E-state index >= 15 is 0 Å². The fourth-order valence-electron chi connectivity index (χ4n) is 2.33. The predicted molar refractivity (Wildman–Crippen MR) is 87.5 cm³/mol. The second-order valence-electron chi connectivity index (χ2n) is 5.36. The number of hydrogen-bond donors (Lipinski definition) is 0. The van der Waals surface area contributed by atoms with Gasteiger partial charge in [-0.3, -0.25) is 0 Å². The van der Waals surface area contributed by atoms with Gasteiger partial charge in [-0.2, -0.15) is 0 Å². The van der Waals surface area contributed by atoms with Crippen LogP contribution < -0.4 is 4.90 Å². The van der Waals surface area contributed by atoms with E-state index in [1.165, 1.54) is 12.1 Å². The summed E-state index contributed by atoms with van der Waals surface area (Å²) in [6, 6.07) is 10.1. The average molecular weight is 311 g/mol. The molecule has 0 saturated heterocycles. The summed E-state index contributed by atoms with van der Waals surface area (Å²) in [6.07, 6.45) is 6.55. The Hall–Kier alpha value is -2.76. The first-order valence-corrected chi connectivity index (χ1v) is 7.49. The minimum absolute atomic E-state index is 0.254. The Morgan fingerprint density at radius 2 is 1.91 bits per heavy atom. The van der Waals surface area contributed by atoms with E-state index in [2.05, 4.69) is 24.6 Å². The number of nitrogens with zero attached hydrogens (tertiary/aromatic N) is 5. The zero-order chi connectivity index (χ0) is 16.1. The second-order valence-corrected chi connectivity index (χ2v) is 5.36. The average Bonchev–Trinajstić information content (AvgIpc) is 3.09. The van der Waals surface area contributed by atoms with Crippen LogP contribution in [0.5, 0.6) is 0 Å². The molecule has 6 heteroatoms. The number of hydrogen-bond acceptors (Lipinski definition) is 4. The highest BCUT2D eigenvalue weighted by Gasteiger charge is 2.05. The van der Waals surface area contributed by atoms with Crippen molar-refractivity contribution < 1.29 is 4.39 Å². The monoisotopic (exact) mass is 311 g/mol. The fourth-order valence-corrected chi connectivity index (χ4v) is 2.33. The van der Waals surface area contributed by atoms with Crippen LogP contribution in [0, 0.1) is 5.82 Å². The van der Waals surface area contributed by atoms with Crippen molar-refractivity contribution in [3.05, 3.63) is 60.9 Å². The molecule has 0 N–H and O–H groups in total. The van der Waals surface area contributed by atoms with E-state index in [1.54, 1.807) is 18.3 Å². The van der Waals surface area contributed by atoms with Gasteiger partial charge >= 0.3 is 0 Å². The minimum atomic E-state index is -0.254. The van der Waals surface area contributed by atoms with Gasteiger partial charge in [-0.05, 0) is 42.8 Å². The maximum Gasteiger partial charge on any atom is 0.151 e. The van der Waals surface area contributed by atoms with E-state index in [0.717, 1.165) is 36.6 Å². The van der Waals surface area contributed by atoms with Crippen molar-refractivity contribution in [2.75, 3.05) is 18.5 Å². The molecule has 0 saturated carbocycles. The van der Waals surface area contributed by atoms with E-state index < -0.39 is 0 Å². The number of benzene rings is 1. The number of imidazole rings is 1. The van der Waals surface area contributed by atoms with Crippen LogP contribution in [0.25, 0.3) is 11.3 Å². The van der Waals surface area contributed by atoms with Gasteiger partial charge in [0.1, 0.15) is 5.82 Å². The third-order valence-corrected chi connectivity index (χ3v) is 3.65. The van der Waals surface area contributed by atoms with Gasteiger partial charge < -0.3 is 9.47 Å². The molecule has 0 fully saturated rings. The lowest BCUT2D eigenvalue weighted by Gasteiger charge is -2.17. The van der Waals surface area contributed by atoms with Crippen LogP contribution in [-0.2, 0) is 6.54 Å². The molecule has 118 valence electrons. The molecular formula is C17H18FN5. The first-order chi connectivity index (χ1) is 11.2. The highest BCUT2D eigenvalue weighted by Crippen LogP contribution is 2.18. The fraction of sp³-hybridized carbons (Fsp3) is 0.235. The molecular weight excluding hydrogens is 293 g/mol. The Morgan fingerprint density at radius 1 is 1.09 bits per heavy atom. The first-order valence-electron chi connectivity index (χ1n) is 7.49. The molecule has 0 spiro atoms. The Bertz CT molecular complexity index is 723. The normalized spacial score (nSPS) is 10.7. The van der Waals surface area contributed by atoms with Crippen molar-refractivity contribution in [3.63, 3.8) is 0 Å². The van der Waals surface area contributed by atoms with Gasteiger partial charge in [0.2, 0.25) is 0 Å². The van der Waals surface area contributed by atoms with Crippen LogP contribution in [0.2, 0.25) is 0 Å². The van der Waals surface area contributed by atoms with Crippen molar-refractivity contribution >= 4 is 5.82 Å². The molecule has 5 nitrogen and oxygen atoms in total. The summed E-state index contributed by atoms with van der Waals surface area (Å²) in [5.74, 6) is 0.567. The zero-order valence-electron chi connectivity index (χ0n) is 12.9. The number of anilines is 1. The summed E-state index contributed by atoms with van der Waals surface area (Å²) in [5.41, 5.74) is 1.59. The highest BCUT2D eigenvalue weighted by atomic mass is 19.1. The molecule has 0 aliphatic heterocycles. The molecule has 0 bridgehead atoms. The molecule has 23 heavy (non-hydrogen) atoms. The maximum absolute atomic E-state index is 12.9. The lowest BCUT2D eigenvalue weighted by Crippen LogP contribution is -2.21. The Morgan fingerprint density at radius 3 is 2.57 bits per heavy atom. The van der Waals surface area contributed by atoms with Crippen molar-refractivity contribution in [1.82, 2.24) is 19.7 Å². The molecule has 2 aromatic heterocycles. The SMILES string of the molecule is CN(CCCn1ccnc1)c1ccc(-c2ccc(F)cc2)nn1. The highest BCUT2D eigenvalue weighted by molar-refractivity contribution is 5.59. The van der Waals surface area contributed by atoms with E-state index in [4.69, 9.17) is 0 Å². The molecule has 2 heterocycles. The molecule has 0 radical (unpaired) electrons. The first kappa shape index (κ1) is 15.1. The maximum atomic E-state index is 12.9. The summed E-state index contributed by atoms with van der Waals surface area (Å²) in [5, 5.41) is 8.48. The van der Waals surface area contributed by atoms with Gasteiger partial charge in [-0.15, -0.1) is 10.2 Å². The molecule has 1 aromatic carbocycles. The second kappa shape index (κ2) is 7.00. The lowest BCUT2D eigenvalue weighted by atomic mass is 10.1. The smallest absolute Gasteiger partial charge is 0.151 e. The summed E-state index contributed by atoms with van der Waals surface area (Å²) >= 11 is 0. The van der Waals surface area contributed by atoms with E-state index in [1.807, 2.05) is 31.7 Å². The van der Waals surface area contributed by atoms with E-state index in [0.29, 0.717) is 0 Å². The van der Waals surface area contributed by atoms with Crippen LogP contribution in [0.4, 0.5) is 10.2 Å². The van der Waals surface area contributed by atoms with Gasteiger partial charge in [-0.25, -0.2) is 9.37 Å². The molecule has 0 atom stereocenters. The van der Waals surface area contributed by atoms with Crippen LogP contribution in [-0.4, -0.2) is 33.3 Å². The topological polar surface area (TPSA) is 46.8 Å². The van der Waals surface area contributed by atoms with Crippen molar-refractivity contribution in [3.8, 4) is 11.3 Å². The van der Waals surface area contributed by atoms with Crippen LogP contribution in [0.15, 0.2) is 55.1 Å². The molecule has 0 amide bonds. The van der Waals surface area contributed by atoms with Gasteiger partial charge in [0, 0.05) is 38.1 Å². The minimum Gasteiger partial charge on any atom is -0.358 e. The lowest BCUT2D eigenvalue weighted by molar-refractivity contribution is 0.628. The van der Waals surface area contributed by atoms with Crippen molar-refractivity contribution in [2.45, 2.75) is 13.0 Å². The largest absolute Gasteiger partial charge is 0.358 e. The number of rotatable bonds is 6. The Labute approximate surface area is 134 Å². The van der Waals surface area contributed by atoms with Gasteiger partial charge in [-0.1, -0.05) is 0 Å². The molecule has 3 aromatic rings. The van der Waals surface area contributed by atoms with Gasteiger partial charge in [0.25, 0.3) is 0 Å². The number of aryl methyl sites for hydroxylation is 1. The number of aromatic nitrogens is 4. The summed E-state index contributed by atoms with van der Waals surface area (Å²) in [6.45, 7) is 1.80. The molecule has 3 rings (SSSR count). The standard InChI is InChI=1S/C17H18FN5/c1-22(10-2-11-23-12-9-19-13-23)17-8-7-16(20-21-17)14-3-5-15(18)6-4-14/h3-9,12-13H,2,10-11H2,1H3. The van der Waals surface area contributed by atoms with Gasteiger partial charge in [0.05, 0.1) is 12.0 Å². The molecule has 0 aliphatic rings.